The maximum atomic E-state index is 13.3. The fourth-order valence-corrected chi connectivity index (χ4v) is 7.56. The monoisotopic (exact) mass is 997 g/mol. The molecule has 0 saturated carbocycles. The van der Waals surface area contributed by atoms with Crippen LogP contribution >= 0.6 is 0 Å². The quantitative estimate of drug-likeness (QED) is 0.0390. The number of rotatable bonds is 12. The first-order valence-corrected chi connectivity index (χ1v) is 22.1. The number of phenolic OH excluding ortho intramolecular Hbond substituents is 3. The molecule has 1 aliphatic rings. The number of aromatic hydroxyl groups is 3. The van der Waals surface area contributed by atoms with E-state index in [2.05, 4.69) is 46.0 Å². The minimum absolute atomic E-state index is 0. The SMILES string of the molecule is CC1=NN(c2cccc(N=Nc3c(O)ccc(N=Nc4cc(S(=O)(=O)O)cc5cc(S(=O)(=O)O)c(N=Nc6ccccc6)c(O)c45)c3O)c2)C(=O)C1N=Nc1ccc(S(=O)(=O)O)cc1.[Na].[Na].[Na]. The van der Waals surface area contributed by atoms with Crippen LogP contribution < -0.4 is 5.01 Å². The van der Waals surface area contributed by atoms with Crippen molar-refractivity contribution in [1.82, 2.24) is 0 Å². The number of amides is 1. The van der Waals surface area contributed by atoms with Crippen molar-refractivity contribution < 1.29 is 59.0 Å². The van der Waals surface area contributed by atoms with Gasteiger partial charge >= 0.3 is 0 Å². The summed E-state index contributed by atoms with van der Waals surface area (Å²) in [5.74, 6) is -2.94. The first-order chi connectivity index (χ1) is 30.2. The van der Waals surface area contributed by atoms with Gasteiger partial charge in [0, 0.05) is 88.7 Å². The molecule has 0 bridgehead atoms. The Morgan fingerprint density at radius 3 is 1.79 bits per heavy atom. The molecule has 7 rings (SSSR count). The summed E-state index contributed by atoms with van der Waals surface area (Å²) in [4.78, 5) is 11.2. The number of fused-ring (bicyclic) bond motifs is 1. The van der Waals surface area contributed by atoms with Crippen LogP contribution in [0.3, 0.4) is 0 Å². The first kappa shape index (κ1) is 54.9. The number of phenols is 3. The van der Waals surface area contributed by atoms with Gasteiger partial charge in [0.2, 0.25) is 0 Å². The molecule has 3 radical (unpaired) electrons. The largest absolute Gasteiger partial charge is 0.505 e. The third-order valence-corrected chi connectivity index (χ3v) is 11.5. The number of carbonyl (C=O) groups is 1. The van der Waals surface area contributed by atoms with Crippen LogP contribution in [-0.2, 0) is 35.1 Å². The summed E-state index contributed by atoms with van der Waals surface area (Å²) in [5, 5.41) is 69.2. The van der Waals surface area contributed by atoms with Crippen molar-refractivity contribution in [3.8, 4) is 17.2 Å². The van der Waals surface area contributed by atoms with Crippen molar-refractivity contribution in [3.63, 3.8) is 0 Å². The molecular formula is C38H28N10Na3O13S3. The van der Waals surface area contributed by atoms with Crippen molar-refractivity contribution in [3.05, 3.63) is 109 Å². The van der Waals surface area contributed by atoms with Gasteiger partial charge < -0.3 is 15.3 Å². The fourth-order valence-electron chi connectivity index (χ4n) is 5.89. The molecule has 1 aliphatic heterocycles. The van der Waals surface area contributed by atoms with Gasteiger partial charge in [-0.15, -0.1) is 20.5 Å². The second-order valence-electron chi connectivity index (χ2n) is 13.3. The molecule has 1 unspecified atom stereocenters. The van der Waals surface area contributed by atoms with Crippen LogP contribution in [0.4, 0.5) is 45.5 Å². The molecule has 6 aromatic carbocycles. The van der Waals surface area contributed by atoms with Gasteiger partial charge in [-0.3, -0.25) is 18.5 Å². The minimum atomic E-state index is -5.14. The minimum Gasteiger partial charge on any atom is -0.505 e. The summed E-state index contributed by atoms with van der Waals surface area (Å²) in [6, 6.07) is 21.9. The standard InChI is InChI=1S/C38H28N10O13S3.3Na/c1-20-33(44-40-23-10-12-26(13-11-23)62(53,54)55)38(52)48(47-20)25-9-5-8-24(18-25)41-45-34-30(49)15-14-28(36(34)50)42-43-29-19-27(63(56,57)58)16-21-17-31(64(59,60)61)35(37(51)32(21)29)46-39-22-6-3-2-4-7-22;;;/h2-19,33,49-51H,1H3,(H,53,54,55)(H,56,57,58)(H,59,60,61);;;. The maximum Gasteiger partial charge on any atom is 0.296 e. The molecule has 0 saturated heterocycles. The van der Waals surface area contributed by atoms with Crippen LogP contribution in [0.25, 0.3) is 10.8 Å². The maximum absolute atomic E-state index is 13.3. The predicted molar refractivity (Wildman–Crippen MR) is 243 cm³/mol. The summed E-state index contributed by atoms with van der Waals surface area (Å²) in [6.07, 6.45) is 0. The summed E-state index contributed by atoms with van der Waals surface area (Å²) in [6.45, 7) is 1.54. The van der Waals surface area contributed by atoms with E-state index in [1.807, 2.05) is 0 Å². The zero-order valence-corrected chi connectivity index (χ0v) is 43.7. The zero-order valence-electron chi connectivity index (χ0n) is 35.2. The number of azo groups is 4. The van der Waals surface area contributed by atoms with E-state index in [0.717, 1.165) is 47.5 Å². The Labute approximate surface area is 446 Å². The molecule has 1 atom stereocenters. The van der Waals surface area contributed by atoms with Crippen LogP contribution in [0.2, 0.25) is 0 Å². The summed E-state index contributed by atoms with van der Waals surface area (Å²) in [7, 11) is -14.6. The summed E-state index contributed by atoms with van der Waals surface area (Å²) >= 11 is 0. The Kier molecular flexibility index (Phi) is 18.1. The topological polar surface area (TPSA) is 355 Å². The molecule has 1 heterocycles. The smallest absolute Gasteiger partial charge is 0.296 e. The van der Waals surface area contributed by atoms with E-state index in [4.69, 9.17) is 0 Å². The third kappa shape index (κ3) is 12.7. The van der Waals surface area contributed by atoms with Gasteiger partial charge in [0.15, 0.2) is 23.2 Å². The zero-order chi connectivity index (χ0) is 46.1. The van der Waals surface area contributed by atoms with E-state index in [0.29, 0.717) is 0 Å². The average Bonchev–Trinajstić information content (AvgIpc) is 3.53. The number of nitrogens with zero attached hydrogens (tertiary/aromatic N) is 10. The number of hydrogen-bond acceptors (Lipinski definition) is 19. The van der Waals surface area contributed by atoms with E-state index in [9.17, 15) is 59.0 Å². The van der Waals surface area contributed by atoms with E-state index in [1.54, 1.807) is 18.2 Å². The number of carbonyl (C=O) groups excluding carboxylic acids is 1. The number of hydrogen-bond donors (Lipinski definition) is 6. The van der Waals surface area contributed by atoms with Crippen LogP contribution in [0, 0.1) is 0 Å². The Bertz CT molecular complexity index is 3400. The van der Waals surface area contributed by atoms with Gasteiger partial charge in [0.25, 0.3) is 36.3 Å². The molecule has 67 heavy (non-hydrogen) atoms. The Morgan fingerprint density at radius 2 is 1.15 bits per heavy atom. The van der Waals surface area contributed by atoms with Crippen molar-refractivity contribution in [2.75, 3.05) is 5.01 Å². The Morgan fingerprint density at radius 1 is 0.552 bits per heavy atom. The van der Waals surface area contributed by atoms with E-state index in [1.165, 1.54) is 55.5 Å². The van der Waals surface area contributed by atoms with Crippen molar-refractivity contribution in [1.29, 1.82) is 0 Å². The third-order valence-electron chi connectivity index (χ3n) is 8.93. The molecule has 0 aromatic heterocycles. The van der Waals surface area contributed by atoms with Crippen LogP contribution in [0.5, 0.6) is 17.2 Å². The normalized spacial score (nSPS) is 14.4. The predicted octanol–water partition coefficient (Wildman–Crippen LogP) is 7.68. The first-order valence-electron chi connectivity index (χ1n) is 17.8. The van der Waals surface area contributed by atoms with Crippen molar-refractivity contribution in [2.24, 2.45) is 46.0 Å². The molecule has 6 aromatic rings. The van der Waals surface area contributed by atoms with Gasteiger partial charge in [0.05, 0.1) is 49.3 Å². The molecule has 0 fully saturated rings. The number of hydrazone groups is 1. The second kappa shape index (κ2) is 22.1. The van der Waals surface area contributed by atoms with E-state index < -0.39 is 92.1 Å². The Balaban J connectivity index is 0.00000327. The van der Waals surface area contributed by atoms with Crippen LogP contribution in [0.15, 0.2) is 170 Å². The van der Waals surface area contributed by atoms with Crippen LogP contribution in [-0.4, -0.2) is 161 Å². The molecular weight excluding hydrogens is 970 g/mol. The van der Waals surface area contributed by atoms with Gasteiger partial charge in [0.1, 0.15) is 22.0 Å². The fraction of sp³-hybridized carbons (Fsp3) is 0.0526. The van der Waals surface area contributed by atoms with Gasteiger partial charge in [-0.2, -0.15) is 55.8 Å². The Hall–Kier alpha value is -4.75. The summed E-state index contributed by atoms with van der Waals surface area (Å²) in [5.41, 5.74) is -1.21. The van der Waals surface area contributed by atoms with Crippen molar-refractivity contribution >= 4 is 187 Å². The molecule has 0 spiro atoms. The molecule has 29 heteroatoms. The average molecular weight is 998 g/mol. The van der Waals surface area contributed by atoms with E-state index in [-0.39, 0.29) is 133 Å². The number of anilines is 1. The van der Waals surface area contributed by atoms with Gasteiger partial charge in [-0.25, -0.2) is 0 Å². The van der Waals surface area contributed by atoms with Gasteiger partial charge in [-0.1, -0.05) is 24.3 Å². The van der Waals surface area contributed by atoms with E-state index >= 15 is 0 Å². The summed E-state index contributed by atoms with van der Waals surface area (Å²) < 4.78 is 101. The van der Waals surface area contributed by atoms with Gasteiger partial charge in [-0.05, 0) is 97.2 Å². The second-order valence-corrected chi connectivity index (χ2v) is 17.5. The van der Waals surface area contributed by atoms with Crippen LogP contribution in [0.1, 0.15) is 6.92 Å². The number of benzene rings is 6. The molecule has 0 aliphatic carbocycles. The molecule has 23 nitrogen and oxygen atoms in total. The molecule has 6 N–H and O–H groups in total. The van der Waals surface area contributed by atoms with Crippen molar-refractivity contribution in [2.45, 2.75) is 27.7 Å². The molecule has 329 valence electrons. The molecule has 1 amide bonds.